The summed E-state index contributed by atoms with van der Waals surface area (Å²) in [6.07, 6.45) is 5.25. The number of hydrogen-bond acceptors (Lipinski definition) is 4. The molecule has 0 radical (unpaired) electrons. The number of hydrogen-bond donors (Lipinski definition) is 2. The van der Waals surface area contributed by atoms with Crippen LogP contribution in [0.4, 0.5) is 11.6 Å². The molecule has 0 aliphatic rings. The van der Waals surface area contributed by atoms with Crippen molar-refractivity contribution < 1.29 is 0 Å². The van der Waals surface area contributed by atoms with Crippen LogP contribution in [0.3, 0.4) is 0 Å². The molecule has 0 bridgehead atoms. The second kappa shape index (κ2) is 5.69. The zero-order valence-electron chi connectivity index (χ0n) is 11.4. The molecule has 0 spiro atoms. The molecule has 1 heterocycles. The number of aryl methyl sites for hydroxylation is 1. The van der Waals surface area contributed by atoms with Gasteiger partial charge in [-0.25, -0.2) is 9.97 Å². The molecule has 3 N–H and O–H groups in total. The van der Waals surface area contributed by atoms with E-state index in [9.17, 15) is 0 Å². The summed E-state index contributed by atoms with van der Waals surface area (Å²) in [6, 6.07) is 10.5. The first-order valence-corrected chi connectivity index (χ1v) is 6.45. The predicted molar refractivity (Wildman–Crippen MR) is 78.9 cm³/mol. The highest BCUT2D eigenvalue weighted by Gasteiger charge is 2.19. The van der Waals surface area contributed by atoms with Crippen LogP contribution in [0.15, 0.2) is 42.7 Å². The summed E-state index contributed by atoms with van der Waals surface area (Å²) in [7, 11) is 0. The monoisotopic (exact) mass is 256 g/mol. The van der Waals surface area contributed by atoms with E-state index in [0.717, 1.165) is 12.8 Å². The molecule has 0 fully saturated rings. The smallest absolute Gasteiger partial charge is 0.169 e. The Bertz CT molecular complexity index is 523. The Hall–Kier alpha value is -2.10. The van der Waals surface area contributed by atoms with Crippen LogP contribution in [-0.2, 0) is 6.42 Å². The van der Waals surface area contributed by atoms with Crippen molar-refractivity contribution in [3.8, 4) is 0 Å². The molecule has 1 aromatic carbocycles. The molecule has 4 heteroatoms. The van der Waals surface area contributed by atoms with Gasteiger partial charge in [0.05, 0.1) is 0 Å². The van der Waals surface area contributed by atoms with E-state index in [-0.39, 0.29) is 5.54 Å². The second-order valence-electron chi connectivity index (χ2n) is 5.28. The maximum absolute atomic E-state index is 5.80. The summed E-state index contributed by atoms with van der Waals surface area (Å²) in [4.78, 5) is 8.25. The summed E-state index contributed by atoms with van der Waals surface area (Å²) < 4.78 is 0. The van der Waals surface area contributed by atoms with Gasteiger partial charge < -0.3 is 11.1 Å². The molecule has 0 aliphatic heterocycles. The number of nitrogen functional groups attached to an aromatic ring is 1. The molecule has 0 saturated heterocycles. The van der Waals surface area contributed by atoms with Crippen LogP contribution in [0.5, 0.6) is 0 Å². The van der Waals surface area contributed by atoms with E-state index in [0.29, 0.717) is 11.6 Å². The van der Waals surface area contributed by atoms with Gasteiger partial charge in [-0.3, -0.25) is 0 Å². The molecule has 0 amide bonds. The molecule has 0 aliphatic carbocycles. The number of nitrogens with one attached hydrogen (secondary N) is 1. The van der Waals surface area contributed by atoms with E-state index >= 15 is 0 Å². The van der Waals surface area contributed by atoms with Crippen molar-refractivity contribution >= 4 is 11.6 Å². The molecule has 4 nitrogen and oxygen atoms in total. The van der Waals surface area contributed by atoms with Crippen molar-refractivity contribution in [2.45, 2.75) is 32.2 Å². The van der Waals surface area contributed by atoms with Gasteiger partial charge in [-0.05, 0) is 32.3 Å². The zero-order valence-corrected chi connectivity index (χ0v) is 11.4. The van der Waals surface area contributed by atoms with Crippen molar-refractivity contribution in [1.82, 2.24) is 9.97 Å². The predicted octanol–water partition coefficient (Wildman–Crippen LogP) is 2.88. The maximum Gasteiger partial charge on any atom is 0.169 e. The molecule has 0 atom stereocenters. The first kappa shape index (κ1) is 13.3. The Labute approximate surface area is 114 Å². The topological polar surface area (TPSA) is 63.8 Å². The van der Waals surface area contributed by atoms with Gasteiger partial charge in [0.15, 0.2) is 11.6 Å². The summed E-state index contributed by atoms with van der Waals surface area (Å²) in [5.41, 5.74) is 7.05. The van der Waals surface area contributed by atoms with Gasteiger partial charge in [0.2, 0.25) is 0 Å². The summed E-state index contributed by atoms with van der Waals surface area (Å²) in [5.74, 6) is 1.09. The van der Waals surface area contributed by atoms with Gasteiger partial charge in [-0.15, -0.1) is 0 Å². The van der Waals surface area contributed by atoms with E-state index in [4.69, 9.17) is 5.73 Å². The first-order chi connectivity index (χ1) is 9.07. The van der Waals surface area contributed by atoms with E-state index in [2.05, 4.69) is 53.4 Å². The highest BCUT2D eigenvalue weighted by atomic mass is 15.1. The van der Waals surface area contributed by atoms with Gasteiger partial charge in [0.25, 0.3) is 0 Å². The van der Waals surface area contributed by atoms with Crippen molar-refractivity contribution in [3.05, 3.63) is 48.3 Å². The number of aromatic nitrogens is 2. The average Bonchev–Trinajstić information content (AvgIpc) is 2.40. The third kappa shape index (κ3) is 3.95. The maximum atomic E-state index is 5.80. The minimum atomic E-state index is -0.0833. The zero-order chi connectivity index (χ0) is 13.7. The minimum absolute atomic E-state index is 0.0833. The molecule has 19 heavy (non-hydrogen) atoms. The molecule has 2 aromatic rings. The highest BCUT2D eigenvalue weighted by molar-refractivity contribution is 5.56. The molecule has 0 unspecified atom stereocenters. The third-order valence-corrected chi connectivity index (χ3v) is 3.06. The van der Waals surface area contributed by atoms with E-state index in [1.54, 1.807) is 12.4 Å². The van der Waals surface area contributed by atoms with E-state index in [1.807, 2.05) is 6.07 Å². The van der Waals surface area contributed by atoms with Crippen LogP contribution in [-0.4, -0.2) is 15.5 Å². The quantitative estimate of drug-likeness (QED) is 0.863. The van der Waals surface area contributed by atoms with Gasteiger partial charge in [0, 0.05) is 17.9 Å². The number of rotatable bonds is 5. The molecular formula is C15H20N4. The molecule has 0 saturated carbocycles. The first-order valence-electron chi connectivity index (χ1n) is 6.45. The Morgan fingerprint density at radius 2 is 1.79 bits per heavy atom. The lowest BCUT2D eigenvalue weighted by molar-refractivity contribution is 0.516. The Morgan fingerprint density at radius 3 is 2.47 bits per heavy atom. The van der Waals surface area contributed by atoms with E-state index < -0.39 is 0 Å². The van der Waals surface area contributed by atoms with Gasteiger partial charge in [0.1, 0.15) is 0 Å². The molecule has 1 aromatic heterocycles. The summed E-state index contributed by atoms with van der Waals surface area (Å²) in [6.45, 7) is 4.29. The fourth-order valence-corrected chi connectivity index (χ4v) is 1.93. The van der Waals surface area contributed by atoms with E-state index in [1.165, 1.54) is 5.56 Å². The normalized spacial score (nSPS) is 11.3. The molecule has 100 valence electrons. The van der Waals surface area contributed by atoms with Gasteiger partial charge in [-0.1, -0.05) is 30.3 Å². The number of nitrogens with two attached hydrogens (primary N) is 1. The van der Waals surface area contributed by atoms with Crippen LogP contribution in [0.25, 0.3) is 0 Å². The van der Waals surface area contributed by atoms with Gasteiger partial charge >= 0.3 is 0 Å². The third-order valence-electron chi connectivity index (χ3n) is 3.06. The van der Waals surface area contributed by atoms with Gasteiger partial charge in [-0.2, -0.15) is 0 Å². The van der Waals surface area contributed by atoms with Crippen LogP contribution >= 0.6 is 0 Å². The second-order valence-corrected chi connectivity index (χ2v) is 5.28. The van der Waals surface area contributed by atoms with Crippen molar-refractivity contribution in [1.29, 1.82) is 0 Å². The Morgan fingerprint density at radius 1 is 1.11 bits per heavy atom. The average molecular weight is 256 g/mol. The van der Waals surface area contributed by atoms with Crippen LogP contribution < -0.4 is 11.1 Å². The Kier molecular flexibility index (Phi) is 4.00. The molecule has 2 rings (SSSR count). The number of anilines is 2. The fourth-order valence-electron chi connectivity index (χ4n) is 1.93. The lowest BCUT2D eigenvalue weighted by atomic mass is 9.95. The van der Waals surface area contributed by atoms with Crippen LogP contribution in [0.2, 0.25) is 0 Å². The van der Waals surface area contributed by atoms with Crippen molar-refractivity contribution in [2.24, 2.45) is 0 Å². The SMILES string of the molecule is CC(C)(CCc1ccccc1)Nc1nccnc1N. The lowest BCUT2D eigenvalue weighted by Crippen LogP contribution is -2.32. The lowest BCUT2D eigenvalue weighted by Gasteiger charge is -2.27. The fraction of sp³-hybridized carbons (Fsp3) is 0.333. The largest absolute Gasteiger partial charge is 0.381 e. The number of nitrogens with zero attached hydrogens (tertiary/aromatic N) is 2. The molecular weight excluding hydrogens is 236 g/mol. The highest BCUT2D eigenvalue weighted by Crippen LogP contribution is 2.21. The summed E-state index contributed by atoms with van der Waals surface area (Å²) in [5, 5.41) is 3.36. The summed E-state index contributed by atoms with van der Waals surface area (Å²) >= 11 is 0. The van der Waals surface area contributed by atoms with Crippen molar-refractivity contribution in [3.63, 3.8) is 0 Å². The van der Waals surface area contributed by atoms with Crippen molar-refractivity contribution in [2.75, 3.05) is 11.1 Å². The minimum Gasteiger partial charge on any atom is -0.381 e. The Balaban J connectivity index is 1.97. The van der Waals surface area contributed by atoms with Crippen LogP contribution in [0.1, 0.15) is 25.8 Å². The number of benzene rings is 1. The van der Waals surface area contributed by atoms with Crippen LogP contribution in [0, 0.1) is 0 Å². The standard InChI is InChI=1S/C15H20N4/c1-15(2,9-8-12-6-4-3-5-7-12)19-14-13(16)17-10-11-18-14/h3-7,10-11H,8-9H2,1-2H3,(H2,16,17)(H,18,19).